The van der Waals surface area contributed by atoms with Gasteiger partial charge >= 0.3 is 0 Å². The first kappa shape index (κ1) is 23.2. The Bertz CT molecular complexity index is 734. The van der Waals surface area contributed by atoms with Gasteiger partial charge in [0, 0.05) is 11.3 Å². The molecule has 2 rings (SSSR count). The molecule has 0 spiro atoms. The van der Waals surface area contributed by atoms with Crippen molar-refractivity contribution in [3.63, 3.8) is 0 Å². The molecule has 2 aromatic carbocycles. The van der Waals surface area contributed by atoms with Gasteiger partial charge in [-0.05, 0) is 47.7 Å². The van der Waals surface area contributed by atoms with E-state index in [2.05, 4.69) is 39.8 Å². The monoisotopic (exact) mass is 442 g/mol. The van der Waals surface area contributed by atoms with Crippen molar-refractivity contribution in [3.05, 3.63) is 57.6 Å². The molecule has 0 aliphatic carbocycles. The summed E-state index contributed by atoms with van der Waals surface area (Å²) in [5.74, 6) is 2.46. The van der Waals surface area contributed by atoms with Gasteiger partial charge in [0.1, 0.15) is 5.75 Å². The number of hydrogen-bond donors (Lipinski definition) is 0. The van der Waals surface area contributed by atoms with Crippen LogP contribution in [0.2, 0.25) is 10.0 Å². The number of hydrogen-bond acceptors (Lipinski definition) is 2. The van der Waals surface area contributed by atoms with Crippen LogP contribution < -0.4 is 9.47 Å². The van der Waals surface area contributed by atoms with Gasteiger partial charge in [-0.25, -0.2) is 0 Å². The third kappa shape index (κ3) is 5.95. The zero-order valence-electron chi connectivity index (χ0n) is 17.0. The van der Waals surface area contributed by atoms with E-state index in [0.717, 1.165) is 29.7 Å². The van der Waals surface area contributed by atoms with Gasteiger partial charge in [-0.1, -0.05) is 69.5 Å². The fraction of sp³-hybridized carbons (Fsp3) is 0.478. The fourth-order valence-corrected chi connectivity index (χ4v) is 3.49. The van der Waals surface area contributed by atoms with Crippen molar-refractivity contribution in [2.75, 3.05) is 19.1 Å². The summed E-state index contributed by atoms with van der Waals surface area (Å²) < 4.78 is 11.6. The molecule has 5 heteroatoms. The molecule has 0 fully saturated rings. The van der Waals surface area contributed by atoms with Crippen molar-refractivity contribution in [2.24, 2.45) is 5.92 Å². The van der Waals surface area contributed by atoms with Crippen LogP contribution in [0, 0.1) is 5.92 Å². The van der Waals surface area contributed by atoms with E-state index in [1.807, 2.05) is 24.3 Å². The van der Waals surface area contributed by atoms with E-state index in [-0.39, 0.29) is 5.41 Å². The standard InChI is InChI=1S/C23H29Cl3O2/c1-5-16(2)15-28-22-20(25)13-18(14-21(22)26)23(3,4)17-7-9-19(10-8-17)27-12-6-11-24/h7-10,13-14,16H,5-6,11-12,15H2,1-4H3/t16-/m1/s1. The zero-order valence-corrected chi connectivity index (χ0v) is 19.3. The molecule has 2 nitrogen and oxygen atoms in total. The van der Waals surface area contributed by atoms with E-state index in [1.165, 1.54) is 0 Å². The van der Waals surface area contributed by atoms with Crippen molar-refractivity contribution in [3.8, 4) is 11.5 Å². The topological polar surface area (TPSA) is 18.5 Å². The second kappa shape index (κ2) is 10.6. The maximum absolute atomic E-state index is 6.51. The fourth-order valence-electron chi connectivity index (χ4n) is 2.78. The lowest BCUT2D eigenvalue weighted by Gasteiger charge is -2.27. The normalized spacial score (nSPS) is 12.7. The lowest BCUT2D eigenvalue weighted by molar-refractivity contribution is 0.257. The summed E-state index contributed by atoms with van der Waals surface area (Å²) in [7, 11) is 0. The zero-order chi connectivity index (χ0) is 20.7. The highest BCUT2D eigenvalue weighted by molar-refractivity contribution is 6.37. The van der Waals surface area contributed by atoms with E-state index in [0.29, 0.717) is 40.8 Å². The number of ether oxygens (including phenoxy) is 2. The molecule has 0 saturated carbocycles. The van der Waals surface area contributed by atoms with Gasteiger partial charge in [-0.3, -0.25) is 0 Å². The van der Waals surface area contributed by atoms with Crippen LogP contribution in [0.1, 0.15) is 51.7 Å². The Labute approximate surface area is 184 Å². The number of alkyl halides is 1. The van der Waals surface area contributed by atoms with Crippen molar-refractivity contribution in [2.45, 2.75) is 46.0 Å². The largest absolute Gasteiger partial charge is 0.494 e. The van der Waals surface area contributed by atoms with Gasteiger partial charge < -0.3 is 9.47 Å². The lowest BCUT2D eigenvalue weighted by atomic mass is 9.78. The Morgan fingerprint density at radius 1 is 0.964 bits per heavy atom. The van der Waals surface area contributed by atoms with Crippen LogP contribution in [0.15, 0.2) is 36.4 Å². The molecule has 0 aliphatic heterocycles. The summed E-state index contributed by atoms with van der Waals surface area (Å²) in [6, 6.07) is 12.0. The average Bonchev–Trinajstić information content (AvgIpc) is 2.67. The summed E-state index contributed by atoms with van der Waals surface area (Å²) in [4.78, 5) is 0. The van der Waals surface area contributed by atoms with Gasteiger partial charge in [-0.15, -0.1) is 11.6 Å². The van der Waals surface area contributed by atoms with E-state index >= 15 is 0 Å². The molecule has 0 amide bonds. The van der Waals surface area contributed by atoms with E-state index in [1.54, 1.807) is 0 Å². The molecule has 0 saturated heterocycles. The molecular weight excluding hydrogens is 415 g/mol. The minimum absolute atomic E-state index is 0.267. The molecule has 28 heavy (non-hydrogen) atoms. The van der Waals surface area contributed by atoms with Gasteiger partial charge in [0.25, 0.3) is 0 Å². The summed E-state index contributed by atoms with van der Waals surface area (Å²) in [5, 5.41) is 1.08. The predicted octanol–water partition coefficient (Wildman–Crippen LogP) is 7.75. The van der Waals surface area contributed by atoms with Crippen LogP contribution in [0.4, 0.5) is 0 Å². The molecule has 0 aromatic heterocycles. The van der Waals surface area contributed by atoms with E-state index in [9.17, 15) is 0 Å². The molecule has 0 bridgehead atoms. The highest BCUT2D eigenvalue weighted by Crippen LogP contribution is 2.40. The molecule has 0 aliphatic rings. The lowest BCUT2D eigenvalue weighted by Crippen LogP contribution is -2.19. The van der Waals surface area contributed by atoms with E-state index < -0.39 is 0 Å². The highest BCUT2D eigenvalue weighted by atomic mass is 35.5. The Kier molecular flexibility index (Phi) is 8.80. The summed E-state index contributed by atoms with van der Waals surface area (Å²) in [6.07, 6.45) is 1.88. The average molecular weight is 444 g/mol. The molecule has 0 unspecified atom stereocenters. The first-order valence-corrected chi connectivity index (χ1v) is 11.0. The van der Waals surface area contributed by atoms with Gasteiger partial charge in [0.05, 0.1) is 23.3 Å². The number of benzene rings is 2. The van der Waals surface area contributed by atoms with Crippen LogP contribution in [-0.4, -0.2) is 19.1 Å². The van der Waals surface area contributed by atoms with Crippen molar-refractivity contribution >= 4 is 34.8 Å². The SMILES string of the molecule is CC[C@@H](C)COc1c(Cl)cc(C(C)(C)c2ccc(OCCCCl)cc2)cc1Cl. The molecular formula is C23H29Cl3O2. The quantitative estimate of drug-likeness (QED) is 0.276. The number of halogens is 3. The van der Waals surface area contributed by atoms with Crippen LogP contribution >= 0.6 is 34.8 Å². The second-order valence-electron chi connectivity index (χ2n) is 7.63. The first-order chi connectivity index (χ1) is 13.3. The molecule has 0 radical (unpaired) electrons. The highest BCUT2D eigenvalue weighted by Gasteiger charge is 2.25. The van der Waals surface area contributed by atoms with Crippen LogP contribution in [-0.2, 0) is 5.41 Å². The predicted molar refractivity (Wildman–Crippen MR) is 121 cm³/mol. The third-order valence-electron chi connectivity index (χ3n) is 5.05. The smallest absolute Gasteiger partial charge is 0.156 e. The first-order valence-electron chi connectivity index (χ1n) is 9.71. The maximum Gasteiger partial charge on any atom is 0.156 e. The Balaban J connectivity index is 2.20. The molecule has 1 atom stereocenters. The second-order valence-corrected chi connectivity index (χ2v) is 8.83. The van der Waals surface area contributed by atoms with Crippen LogP contribution in [0.3, 0.4) is 0 Å². The van der Waals surface area contributed by atoms with E-state index in [4.69, 9.17) is 44.3 Å². The third-order valence-corrected chi connectivity index (χ3v) is 5.88. The Morgan fingerprint density at radius 3 is 2.11 bits per heavy atom. The minimum atomic E-state index is -0.267. The van der Waals surface area contributed by atoms with Gasteiger partial charge in [0.2, 0.25) is 0 Å². The van der Waals surface area contributed by atoms with Crippen molar-refractivity contribution in [1.82, 2.24) is 0 Å². The molecule has 0 N–H and O–H groups in total. The summed E-state index contributed by atoms with van der Waals surface area (Å²) >= 11 is 18.7. The molecule has 0 heterocycles. The summed E-state index contributed by atoms with van der Waals surface area (Å²) in [6.45, 7) is 9.80. The number of rotatable bonds is 10. The maximum atomic E-state index is 6.51. The Morgan fingerprint density at radius 2 is 1.57 bits per heavy atom. The van der Waals surface area contributed by atoms with Gasteiger partial charge in [0.15, 0.2) is 5.75 Å². The van der Waals surface area contributed by atoms with Crippen molar-refractivity contribution < 1.29 is 9.47 Å². The van der Waals surface area contributed by atoms with Crippen molar-refractivity contribution in [1.29, 1.82) is 0 Å². The molecule has 2 aromatic rings. The minimum Gasteiger partial charge on any atom is -0.494 e. The Hall–Kier alpha value is -1.09. The van der Waals surface area contributed by atoms with Gasteiger partial charge in [-0.2, -0.15) is 0 Å². The summed E-state index contributed by atoms with van der Waals surface area (Å²) in [5.41, 5.74) is 1.92. The molecule has 154 valence electrons. The van der Waals surface area contributed by atoms with Crippen LogP contribution in [0.5, 0.6) is 11.5 Å². The van der Waals surface area contributed by atoms with Crippen LogP contribution in [0.25, 0.3) is 0 Å².